The van der Waals surface area contributed by atoms with Crippen molar-refractivity contribution in [2.75, 3.05) is 5.32 Å². The summed E-state index contributed by atoms with van der Waals surface area (Å²) in [5.41, 5.74) is 4.36. The van der Waals surface area contributed by atoms with E-state index in [4.69, 9.17) is 10.00 Å². The Labute approximate surface area is 124 Å². The molecule has 1 aliphatic heterocycles. The van der Waals surface area contributed by atoms with E-state index >= 15 is 0 Å². The summed E-state index contributed by atoms with van der Waals surface area (Å²) in [4.78, 5) is 0. The molecule has 0 fully saturated rings. The van der Waals surface area contributed by atoms with Gasteiger partial charge in [-0.25, -0.2) is 0 Å². The summed E-state index contributed by atoms with van der Waals surface area (Å²) in [6.07, 6.45) is 0. The predicted molar refractivity (Wildman–Crippen MR) is 82.4 cm³/mol. The van der Waals surface area contributed by atoms with Crippen LogP contribution in [0.15, 0.2) is 42.8 Å². The standard InChI is InChI=1S/C17H17N3O/c1-11-19-15-7-5-12(9-14(15)17(2,3)21-11)16-8-6-13(10-18)20(16)4/h5-9,19H,1H2,2-4H3. The van der Waals surface area contributed by atoms with Crippen LogP contribution in [-0.4, -0.2) is 4.57 Å². The molecule has 0 bridgehead atoms. The molecule has 1 aromatic carbocycles. The molecule has 0 atom stereocenters. The van der Waals surface area contributed by atoms with Gasteiger partial charge in [0.1, 0.15) is 17.4 Å². The second-order valence-electron chi connectivity index (χ2n) is 5.70. The lowest BCUT2D eigenvalue weighted by atomic mass is 9.92. The van der Waals surface area contributed by atoms with E-state index in [9.17, 15) is 0 Å². The largest absolute Gasteiger partial charge is 0.469 e. The van der Waals surface area contributed by atoms with E-state index in [0.717, 1.165) is 22.5 Å². The first-order chi connectivity index (χ1) is 9.92. The van der Waals surface area contributed by atoms with Crippen LogP contribution in [0.1, 0.15) is 25.1 Å². The van der Waals surface area contributed by atoms with E-state index in [2.05, 4.69) is 24.0 Å². The van der Waals surface area contributed by atoms with Gasteiger partial charge in [-0.2, -0.15) is 5.26 Å². The van der Waals surface area contributed by atoms with Crippen molar-refractivity contribution >= 4 is 5.69 Å². The Morgan fingerprint density at radius 2 is 2.05 bits per heavy atom. The number of nitriles is 1. The number of ether oxygens (including phenoxy) is 1. The summed E-state index contributed by atoms with van der Waals surface area (Å²) in [5.74, 6) is 0.561. The number of nitrogens with one attached hydrogen (secondary N) is 1. The first-order valence-electron chi connectivity index (χ1n) is 6.78. The van der Waals surface area contributed by atoms with Crippen molar-refractivity contribution in [3.05, 3.63) is 54.1 Å². The molecule has 4 nitrogen and oxygen atoms in total. The summed E-state index contributed by atoms with van der Waals surface area (Å²) in [5, 5.41) is 12.2. The van der Waals surface area contributed by atoms with Crippen LogP contribution >= 0.6 is 0 Å². The molecule has 0 amide bonds. The van der Waals surface area contributed by atoms with E-state index in [1.807, 2.05) is 49.7 Å². The van der Waals surface area contributed by atoms with Crippen molar-refractivity contribution in [1.29, 1.82) is 5.26 Å². The Kier molecular flexibility index (Phi) is 2.80. The minimum atomic E-state index is -0.434. The van der Waals surface area contributed by atoms with Crippen LogP contribution in [0, 0.1) is 11.3 Å². The van der Waals surface area contributed by atoms with Gasteiger partial charge in [-0.15, -0.1) is 0 Å². The molecule has 1 aromatic heterocycles. The second-order valence-corrected chi connectivity index (χ2v) is 5.70. The molecular formula is C17H17N3O. The summed E-state index contributed by atoms with van der Waals surface area (Å²) >= 11 is 0. The molecule has 3 rings (SSSR count). The van der Waals surface area contributed by atoms with Gasteiger partial charge in [-0.3, -0.25) is 0 Å². The quantitative estimate of drug-likeness (QED) is 0.865. The van der Waals surface area contributed by atoms with Gasteiger partial charge < -0.3 is 14.6 Å². The average Bonchev–Trinajstić information content (AvgIpc) is 2.78. The van der Waals surface area contributed by atoms with Crippen LogP contribution in [-0.2, 0) is 17.4 Å². The van der Waals surface area contributed by atoms with Crippen LogP contribution in [0.25, 0.3) is 11.3 Å². The van der Waals surface area contributed by atoms with Crippen molar-refractivity contribution in [2.45, 2.75) is 19.4 Å². The molecule has 2 heterocycles. The van der Waals surface area contributed by atoms with E-state index in [1.54, 1.807) is 0 Å². The van der Waals surface area contributed by atoms with Gasteiger partial charge >= 0.3 is 0 Å². The molecule has 0 spiro atoms. The van der Waals surface area contributed by atoms with Crippen LogP contribution in [0.2, 0.25) is 0 Å². The average molecular weight is 279 g/mol. The highest BCUT2D eigenvalue weighted by molar-refractivity contribution is 5.70. The third-order valence-electron chi connectivity index (χ3n) is 3.85. The van der Waals surface area contributed by atoms with Crippen LogP contribution in [0.4, 0.5) is 5.69 Å². The first kappa shape index (κ1) is 13.3. The SMILES string of the molecule is C=C1Nc2ccc(-c3ccc(C#N)n3C)cc2C(C)(C)O1. The van der Waals surface area contributed by atoms with Crippen molar-refractivity contribution in [3.8, 4) is 17.3 Å². The molecule has 0 aliphatic carbocycles. The number of aromatic nitrogens is 1. The highest BCUT2D eigenvalue weighted by atomic mass is 16.5. The predicted octanol–water partition coefficient (Wildman–Crippen LogP) is 3.71. The molecule has 4 heteroatoms. The molecule has 106 valence electrons. The Morgan fingerprint density at radius 3 is 2.71 bits per heavy atom. The maximum atomic E-state index is 9.07. The number of rotatable bonds is 1. The topological polar surface area (TPSA) is 50.0 Å². The normalized spacial score (nSPS) is 15.6. The summed E-state index contributed by atoms with van der Waals surface area (Å²) in [6, 6.07) is 12.1. The summed E-state index contributed by atoms with van der Waals surface area (Å²) < 4.78 is 7.68. The monoisotopic (exact) mass is 279 g/mol. The van der Waals surface area contributed by atoms with Gasteiger partial charge in [0.2, 0.25) is 0 Å². The molecule has 0 unspecified atom stereocenters. The molecule has 1 N–H and O–H groups in total. The van der Waals surface area contributed by atoms with E-state index in [-0.39, 0.29) is 0 Å². The number of nitrogens with zero attached hydrogens (tertiary/aromatic N) is 2. The number of benzene rings is 1. The Bertz CT molecular complexity index is 778. The highest BCUT2D eigenvalue weighted by Gasteiger charge is 2.31. The van der Waals surface area contributed by atoms with Gasteiger partial charge in [0.25, 0.3) is 0 Å². The Balaban J connectivity index is 2.14. The molecule has 21 heavy (non-hydrogen) atoms. The number of hydrogen-bond acceptors (Lipinski definition) is 3. The zero-order chi connectivity index (χ0) is 15.2. The van der Waals surface area contributed by atoms with Gasteiger partial charge in [0.15, 0.2) is 5.88 Å². The fourth-order valence-electron chi connectivity index (χ4n) is 2.76. The number of anilines is 1. The minimum absolute atomic E-state index is 0.434. The fraction of sp³-hybridized carbons (Fsp3) is 0.235. The molecular weight excluding hydrogens is 262 g/mol. The van der Waals surface area contributed by atoms with E-state index in [1.165, 1.54) is 0 Å². The van der Waals surface area contributed by atoms with E-state index in [0.29, 0.717) is 11.6 Å². The maximum absolute atomic E-state index is 9.07. The molecule has 1 aliphatic rings. The third kappa shape index (κ3) is 2.07. The lowest BCUT2D eigenvalue weighted by molar-refractivity contribution is 0.0298. The Hall–Kier alpha value is -2.67. The van der Waals surface area contributed by atoms with Crippen LogP contribution < -0.4 is 5.32 Å². The fourth-order valence-corrected chi connectivity index (χ4v) is 2.76. The van der Waals surface area contributed by atoms with Gasteiger partial charge in [0, 0.05) is 24.0 Å². The first-order valence-corrected chi connectivity index (χ1v) is 6.78. The van der Waals surface area contributed by atoms with Gasteiger partial charge in [-0.1, -0.05) is 6.07 Å². The third-order valence-corrected chi connectivity index (χ3v) is 3.85. The summed E-state index contributed by atoms with van der Waals surface area (Å²) in [6.45, 7) is 7.89. The molecule has 0 saturated carbocycles. The van der Waals surface area contributed by atoms with Gasteiger partial charge in [0.05, 0.1) is 0 Å². The smallest absolute Gasteiger partial charge is 0.184 e. The molecule has 0 radical (unpaired) electrons. The zero-order valence-corrected chi connectivity index (χ0v) is 12.4. The zero-order valence-electron chi connectivity index (χ0n) is 12.4. The van der Waals surface area contributed by atoms with Gasteiger partial charge in [-0.05, 0) is 50.3 Å². The Morgan fingerprint density at radius 1 is 1.29 bits per heavy atom. The minimum Gasteiger partial charge on any atom is -0.469 e. The van der Waals surface area contributed by atoms with Crippen molar-refractivity contribution < 1.29 is 4.74 Å². The number of fused-ring (bicyclic) bond motifs is 1. The van der Waals surface area contributed by atoms with Crippen LogP contribution in [0.3, 0.4) is 0 Å². The second kappa shape index (κ2) is 4.42. The highest BCUT2D eigenvalue weighted by Crippen LogP contribution is 2.39. The van der Waals surface area contributed by atoms with Crippen molar-refractivity contribution in [3.63, 3.8) is 0 Å². The number of hydrogen-bond donors (Lipinski definition) is 1. The maximum Gasteiger partial charge on any atom is 0.184 e. The van der Waals surface area contributed by atoms with Crippen LogP contribution in [0.5, 0.6) is 0 Å². The van der Waals surface area contributed by atoms with E-state index < -0.39 is 5.60 Å². The lowest BCUT2D eigenvalue weighted by Gasteiger charge is -2.35. The molecule has 0 saturated heterocycles. The van der Waals surface area contributed by atoms with Crippen molar-refractivity contribution in [1.82, 2.24) is 4.57 Å². The summed E-state index contributed by atoms with van der Waals surface area (Å²) in [7, 11) is 1.90. The van der Waals surface area contributed by atoms with Crippen molar-refractivity contribution in [2.24, 2.45) is 7.05 Å². The molecule has 2 aromatic rings. The lowest BCUT2D eigenvalue weighted by Crippen LogP contribution is -2.29.